The van der Waals surface area contributed by atoms with Crippen molar-refractivity contribution in [2.24, 2.45) is 0 Å². The topological polar surface area (TPSA) is 73.0 Å². The van der Waals surface area contributed by atoms with Gasteiger partial charge in [-0.15, -0.1) is 16.8 Å². The highest BCUT2D eigenvalue weighted by Crippen LogP contribution is 2.29. The highest BCUT2D eigenvalue weighted by molar-refractivity contribution is 8.00. The molecular formula is C20H21ClN4O2S. The van der Waals surface area contributed by atoms with E-state index in [2.05, 4.69) is 22.1 Å². The van der Waals surface area contributed by atoms with Crippen LogP contribution < -0.4 is 5.32 Å². The van der Waals surface area contributed by atoms with Crippen LogP contribution in [0.3, 0.4) is 0 Å². The van der Waals surface area contributed by atoms with Crippen molar-refractivity contribution in [2.45, 2.75) is 37.3 Å². The Kier molecular flexibility index (Phi) is 6.59. The summed E-state index contributed by atoms with van der Waals surface area (Å²) in [4.78, 5) is 12.5. The van der Waals surface area contributed by atoms with Gasteiger partial charge in [0.05, 0.1) is 17.1 Å². The largest absolute Gasteiger partial charge is 0.469 e. The number of carbonyl (C=O) groups excluding carboxylic acids is 1. The van der Waals surface area contributed by atoms with Gasteiger partial charge in [0, 0.05) is 18.1 Å². The first-order valence-corrected chi connectivity index (χ1v) is 10.0. The number of hydrogen-bond donors (Lipinski definition) is 1. The van der Waals surface area contributed by atoms with E-state index in [0.717, 1.165) is 16.9 Å². The SMILES string of the molecule is C=CCn1c(S[C@@H](C)C(=O)NCc2ccccc2Cl)nnc1-c1ccoc1C. The summed E-state index contributed by atoms with van der Waals surface area (Å²) >= 11 is 7.49. The van der Waals surface area contributed by atoms with Gasteiger partial charge in [-0.3, -0.25) is 9.36 Å². The molecular weight excluding hydrogens is 396 g/mol. The summed E-state index contributed by atoms with van der Waals surface area (Å²) in [5.41, 5.74) is 1.75. The van der Waals surface area contributed by atoms with Crippen LogP contribution in [0.15, 0.2) is 58.8 Å². The van der Waals surface area contributed by atoms with Crippen LogP contribution in [0.5, 0.6) is 0 Å². The number of allylic oxidation sites excluding steroid dienone is 1. The average molecular weight is 417 g/mol. The number of carbonyl (C=O) groups is 1. The molecule has 0 aliphatic carbocycles. The van der Waals surface area contributed by atoms with Crippen molar-refractivity contribution in [1.82, 2.24) is 20.1 Å². The number of hydrogen-bond acceptors (Lipinski definition) is 5. The number of amides is 1. The molecule has 28 heavy (non-hydrogen) atoms. The number of benzene rings is 1. The average Bonchev–Trinajstić information content (AvgIpc) is 3.27. The molecule has 1 atom stereocenters. The maximum atomic E-state index is 12.5. The zero-order chi connectivity index (χ0) is 20.1. The number of halogens is 1. The van der Waals surface area contributed by atoms with Gasteiger partial charge in [-0.1, -0.05) is 47.6 Å². The minimum Gasteiger partial charge on any atom is -0.469 e. The molecule has 2 heterocycles. The lowest BCUT2D eigenvalue weighted by molar-refractivity contribution is -0.120. The Morgan fingerprint density at radius 3 is 2.86 bits per heavy atom. The van der Waals surface area contributed by atoms with Crippen LogP contribution >= 0.6 is 23.4 Å². The van der Waals surface area contributed by atoms with E-state index in [1.165, 1.54) is 11.8 Å². The number of aromatic nitrogens is 3. The molecule has 0 saturated carbocycles. The molecule has 0 aliphatic rings. The Balaban J connectivity index is 1.71. The number of furan rings is 1. The first-order valence-electron chi connectivity index (χ1n) is 8.77. The molecule has 8 heteroatoms. The van der Waals surface area contributed by atoms with Crippen molar-refractivity contribution in [3.63, 3.8) is 0 Å². The van der Waals surface area contributed by atoms with E-state index in [-0.39, 0.29) is 11.2 Å². The summed E-state index contributed by atoms with van der Waals surface area (Å²) < 4.78 is 7.30. The summed E-state index contributed by atoms with van der Waals surface area (Å²) in [6, 6.07) is 9.30. The predicted octanol–water partition coefficient (Wildman–Crippen LogP) is 4.48. The van der Waals surface area contributed by atoms with E-state index in [1.54, 1.807) is 18.4 Å². The second-order valence-electron chi connectivity index (χ2n) is 6.17. The summed E-state index contributed by atoms with van der Waals surface area (Å²) in [5.74, 6) is 1.36. The second kappa shape index (κ2) is 9.12. The van der Waals surface area contributed by atoms with E-state index >= 15 is 0 Å². The van der Waals surface area contributed by atoms with Gasteiger partial charge in [-0.05, 0) is 31.5 Å². The number of aryl methyl sites for hydroxylation is 1. The molecule has 2 aromatic heterocycles. The maximum Gasteiger partial charge on any atom is 0.233 e. The first-order chi connectivity index (χ1) is 13.5. The minimum atomic E-state index is -0.353. The normalized spacial score (nSPS) is 12.0. The number of rotatable bonds is 8. The smallest absolute Gasteiger partial charge is 0.233 e. The quantitative estimate of drug-likeness (QED) is 0.433. The lowest BCUT2D eigenvalue weighted by atomic mass is 10.2. The molecule has 146 valence electrons. The molecule has 1 amide bonds. The van der Waals surface area contributed by atoms with Crippen molar-refractivity contribution in [1.29, 1.82) is 0 Å². The molecule has 0 saturated heterocycles. The minimum absolute atomic E-state index is 0.0980. The van der Waals surface area contributed by atoms with Crippen LogP contribution in [0.2, 0.25) is 5.02 Å². The Bertz CT molecular complexity index is 982. The summed E-state index contributed by atoms with van der Waals surface area (Å²) in [6.07, 6.45) is 3.39. The second-order valence-corrected chi connectivity index (χ2v) is 7.88. The van der Waals surface area contributed by atoms with Gasteiger partial charge in [-0.2, -0.15) is 0 Å². The standard InChI is InChI=1S/C20H21ClN4O2S/c1-4-10-25-18(16-9-11-27-13(16)2)23-24-20(25)28-14(3)19(26)22-12-15-7-5-6-8-17(15)21/h4-9,11,14H,1,10,12H2,2-3H3,(H,22,26)/t14-/m0/s1. The van der Waals surface area contributed by atoms with E-state index in [4.69, 9.17) is 16.0 Å². The van der Waals surface area contributed by atoms with Gasteiger partial charge in [0.25, 0.3) is 0 Å². The van der Waals surface area contributed by atoms with Gasteiger partial charge in [0.15, 0.2) is 11.0 Å². The van der Waals surface area contributed by atoms with Gasteiger partial charge in [0.1, 0.15) is 5.76 Å². The Labute approximate surface area is 173 Å². The predicted molar refractivity (Wildman–Crippen MR) is 111 cm³/mol. The molecule has 0 fully saturated rings. The fourth-order valence-electron chi connectivity index (χ4n) is 2.67. The summed E-state index contributed by atoms with van der Waals surface area (Å²) in [5, 5.41) is 12.4. The van der Waals surface area contributed by atoms with Crippen molar-refractivity contribution < 1.29 is 9.21 Å². The Morgan fingerprint density at radius 1 is 1.39 bits per heavy atom. The molecule has 1 N–H and O–H groups in total. The van der Waals surface area contributed by atoms with Gasteiger partial charge in [-0.25, -0.2) is 0 Å². The maximum absolute atomic E-state index is 12.5. The number of nitrogens with one attached hydrogen (secondary N) is 1. The van der Waals surface area contributed by atoms with Crippen LogP contribution in [0.1, 0.15) is 18.2 Å². The fourth-order valence-corrected chi connectivity index (χ4v) is 3.75. The fraction of sp³-hybridized carbons (Fsp3) is 0.250. The van der Waals surface area contributed by atoms with E-state index in [9.17, 15) is 4.79 Å². The van der Waals surface area contributed by atoms with E-state index in [1.807, 2.05) is 42.7 Å². The first kappa shape index (κ1) is 20.2. The van der Waals surface area contributed by atoms with Crippen molar-refractivity contribution in [3.8, 4) is 11.4 Å². The van der Waals surface area contributed by atoms with Crippen molar-refractivity contribution in [3.05, 3.63) is 65.6 Å². The van der Waals surface area contributed by atoms with Crippen LogP contribution in [0.25, 0.3) is 11.4 Å². The van der Waals surface area contributed by atoms with Crippen LogP contribution in [-0.4, -0.2) is 25.9 Å². The van der Waals surface area contributed by atoms with E-state index in [0.29, 0.717) is 29.1 Å². The third-order valence-corrected chi connectivity index (χ3v) is 5.64. The highest BCUT2D eigenvalue weighted by Gasteiger charge is 2.21. The Morgan fingerprint density at radius 2 is 2.18 bits per heavy atom. The summed E-state index contributed by atoms with van der Waals surface area (Å²) in [6.45, 7) is 8.42. The highest BCUT2D eigenvalue weighted by atomic mass is 35.5. The van der Waals surface area contributed by atoms with Gasteiger partial charge >= 0.3 is 0 Å². The van der Waals surface area contributed by atoms with Crippen LogP contribution in [0.4, 0.5) is 0 Å². The zero-order valence-corrected chi connectivity index (χ0v) is 17.3. The molecule has 1 aromatic carbocycles. The monoisotopic (exact) mass is 416 g/mol. The van der Waals surface area contributed by atoms with Gasteiger partial charge < -0.3 is 9.73 Å². The molecule has 0 aliphatic heterocycles. The van der Waals surface area contributed by atoms with Crippen molar-refractivity contribution in [2.75, 3.05) is 0 Å². The number of thioether (sulfide) groups is 1. The Hall–Kier alpha value is -2.51. The van der Waals surface area contributed by atoms with Crippen LogP contribution in [0, 0.1) is 6.92 Å². The lowest BCUT2D eigenvalue weighted by Gasteiger charge is -2.13. The van der Waals surface area contributed by atoms with Gasteiger partial charge in [0.2, 0.25) is 5.91 Å². The van der Waals surface area contributed by atoms with E-state index < -0.39 is 0 Å². The molecule has 0 unspecified atom stereocenters. The third-order valence-electron chi connectivity index (χ3n) is 4.19. The number of nitrogens with zero attached hydrogens (tertiary/aromatic N) is 3. The molecule has 3 rings (SSSR count). The molecule has 3 aromatic rings. The van der Waals surface area contributed by atoms with Crippen LogP contribution in [-0.2, 0) is 17.9 Å². The molecule has 0 bridgehead atoms. The summed E-state index contributed by atoms with van der Waals surface area (Å²) in [7, 11) is 0. The lowest BCUT2D eigenvalue weighted by Crippen LogP contribution is -2.30. The molecule has 6 nitrogen and oxygen atoms in total. The van der Waals surface area contributed by atoms with Crippen molar-refractivity contribution >= 4 is 29.3 Å². The molecule has 0 radical (unpaired) electrons. The third kappa shape index (κ3) is 4.48. The molecule has 0 spiro atoms. The zero-order valence-electron chi connectivity index (χ0n) is 15.7.